The quantitative estimate of drug-likeness (QED) is 0.0798. The first-order chi connectivity index (χ1) is 19.3. The topological polar surface area (TPSA) is 6.48 Å². The third kappa shape index (κ3) is 21.7. The van der Waals surface area contributed by atoms with E-state index in [1.807, 2.05) is 0 Å². The van der Waals surface area contributed by atoms with E-state index in [1.165, 1.54) is 199 Å². The maximum absolute atomic E-state index is 2.63. The standard InChI is InChI=1S/C37H74N2/c1-4-7-9-11-13-15-17-19-20-21-22-24-26-28-30-32-34-39-36-35-38(37(39)6-3)33-31-29-27-25-23-18-16-14-12-10-8-5-2/h35-37H,4-34H2,1-3H3. The van der Waals surface area contributed by atoms with Gasteiger partial charge in [-0.1, -0.05) is 188 Å². The molecule has 39 heavy (non-hydrogen) atoms. The van der Waals surface area contributed by atoms with Crippen molar-refractivity contribution < 1.29 is 0 Å². The largest absolute Gasteiger partial charge is 0.356 e. The van der Waals surface area contributed by atoms with Gasteiger partial charge in [0, 0.05) is 25.5 Å². The minimum atomic E-state index is 0.619. The van der Waals surface area contributed by atoms with Crippen molar-refractivity contribution >= 4 is 0 Å². The predicted octanol–water partition coefficient (Wildman–Crippen LogP) is 12.8. The van der Waals surface area contributed by atoms with Crippen LogP contribution in [-0.2, 0) is 0 Å². The maximum Gasteiger partial charge on any atom is 0.100 e. The first-order valence-electron chi connectivity index (χ1n) is 18.5. The van der Waals surface area contributed by atoms with Gasteiger partial charge in [-0.05, 0) is 19.3 Å². The van der Waals surface area contributed by atoms with Crippen LogP contribution in [0.15, 0.2) is 12.4 Å². The Bertz CT molecular complexity index is 502. The Labute approximate surface area is 248 Å². The van der Waals surface area contributed by atoms with Gasteiger partial charge in [0.15, 0.2) is 0 Å². The Morgan fingerprint density at radius 3 is 0.795 bits per heavy atom. The Hall–Kier alpha value is -0.660. The lowest BCUT2D eigenvalue weighted by Crippen LogP contribution is -2.38. The van der Waals surface area contributed by atoms with Crippen molar-refractivity contribution in [3.8, 4) is 0 Å². The number of rotatable bonds is 31. The zero-order chi connectivity index (χ0) is 28.1. The van der Waals surface area contributed by atoms with Crippen molar-refractivity contribution in [3.05, 3.63) is 12.4 Å². The summed E-state index contributed by atoms with van der Waals surface area (Å²) in [6.45, 7) is 9.49. The third-order valence-electron chi connectivity index (χ3n) is 9.12. The molecule has 1 aliphatic rings. The summed E-state index contributed by atoms with van der Waals surface area (Å²) in [4.78, 5) is 5.26. The van der Waals surface area contributed by atoms with Crippen LogP contribution in [0.3, 0.4) is 0 Å². The van der Waals surface area contributed by atoms with E-state index in [0.29, 0.717) is 6.17 Å². The van der Waals surface area contributed by atoms with Crippen molar-refractivity contribution in [2.75, 3.05) is 13.1 Å². The normalized spacial score (nSPS) is 15.2. The lowest BCUT2D eigenvalue weighted by Gasteiger charge is -2.32. The molecule has 0 spiro atoms. The van der Waals surface area contributed by atoms with Crippen LogP contribution in [0.5, 0.6) is 0 Å². The molecule has 2 nitrogen and oxygen atoms in total. The average molecular weight is 547 g/mol. The Morgan fingerprint density at radius 2 is 0.564 bits per heavy atom. The molecule has 0 amide bonds. The van der Waals surface area contributed by atoms with E-state index in [-0.39, 0.29) is 0 Å². The molecule has 0 radical (unpaired) electrons. The SMILES string of the molecule is CCCCCCCCCCCCCCCCCCN1C=CN(CCCCCCCCCCCCCC)C1CC. The summed E-state index contributed by atoms with van der Waals surface area (Å²) in [6, 6.07) is 0. The van der Waals surface area contributed by atoms with Gasteiger partial charge in [0.1, 0.15) is 6.17 Å². The molecule has 0 aliphatic carbocycles. The van der Waals surface area contributed by atoms with Gasteiger partial charge in [0.05, 0.1) is 0 Å². The third-order valence-corrected chi connectivity index (χ3v) is 9.12. The fourth-order valence-electron chi connectivity index (χ4n) is 6.45. The van der Waals surface area contributed by atoms with Crippen LogP contribution in [0.4, 0.5) is 0 Å². The number of hydrogen-bond acceptors (Lipinski definition) is 2. The Kier molecular flexibility index (Phi) is 26.9. The van der Waals surface area contributed by atoms with Crippen molar-refractivity contribution in [2.24, 2.45) is 0 Å². The fourth-order valence-corrected chi connectivity index (χ4v) is 6.45. The average Bonchev–Trinajstić information content (AvgIpc) is 3.34. The highest BCUT2D eigenvalue weighted by Crippen LogP contribution is 2.21. The smallest absolute Gasteiger partial charge is 0.100 e. The van der Waals surface area contributed by atoms with Gasteiger partial charge in [-0.3, -0.25) is 0 Å². The molecule has 2 heteroatoms. The van der Waals surface area contributed by atoms with E-state index >= 15 is 0 Å². The summed E-state index contributed by atoms with van der Waals surface area (Å²) in [7, 11) is 0. The van der Waals surface area contributed by atoms with Gasteiger partial charge in [0.25, 0.3) is 0 Å². The molecule has 232 valence electrons. The zero-order valence-corrected chi connectivity index (χ0v) is 27.5. The molecular weight excluding hydrogens is 472 g/mol. The van der Waals surface area contributed by atoms with Crippen LogP contribution < -0.4 is 0 Å². The van der Waals surface area contributed by atoms with E-state index in [4.69, 9.17) is 0 Å². The second-order valence-corrected chi connectivity index (χ2v) is 12.9. The van der Waals surface area contributed by atoms with Crippen molar-refractivity contribution in [1.29, 1.82) is 0 Å². The molecule has 0 aromatic heterocycles. The van der Waals surface area contributed by atoms with Crippen molar-refractivity contribution in [3.63, 3.8) is 0 Å². The van der Waals surface area contributed by atoms with Crippen LogP contribution in [0.2, 0.25) is 0 Å². The maximum atomic E-state index is 2.63. The highest BCUT2D eigenvalue weighted by Gasteiger charge is 2.23. The molecule has 0 bridgehead atoms. The zero-order valence-electron chi connectivity index (χ0n) is 27.5. The van der Waals surface area contributed by atoms with Crippen molar-refractivity contribution in [1.82, 2.24) is 9.80 Å². The first-order valence-corrected chi connectivity index (χ1v) is 18.5. The highest BCUT2D eigenvalue weighted by molar-refractivity contribution is 4.96. The molecule has 0 aromatic rings. The van der Waals surface area contributed by atoms with Gasteiger partial charge in [-0.25, -0.2) is 0 Å². The Morgan fingerprint density at radius 1 is 0.333 bits per heavy atom. The van der Waals surface area contributed by atoms with Crippen LogP contribution in [-0.4, -0.2) is 29.1 Å². The number of hydrogen-bond donors (Lipinski definition) is 0. The van der Waals surface area contributed by atoms with Gasteiger partial charge in [-0.15, -0.1) is 0 Å². The van der Waals surface area contributed by atoms with Crippen LogP contribution in [0, 0.1) is 0 Å². The lowest BCUT2D eigenvalue weighted by molar-refractivity contribution is 0.144. The summed E-state index contributed by atoms with van der Waals surface area (Å²) < 4.78 is 0. The molecule has 0 N–H and O–H groups in total. The molecule has 1 unspecified atom stereocenters. The van der Waals surface area contributed by atoms with Crippen LogP contribution in [0.1, 0.15) is 207 Å². The van der Waals surface area contributed by atoms with Gasteiger partial charge >= 0.3 is 0 Å². The monoisotopic (exact) mass is 547 g/mol. The molecule has 1 aliphatic heterocycles. The molecule has 0 saturated carbocycles. The number of nitrogens with zero attached hydrogens (tertiary/aromatic N) is 2. The molecule has 0 aromatic carbocycles. The van der Waals surface area contributed by atoms with Gasteiger partial charge in [0.2, 0.25) is 0 Å². The van der Waals surface area contributed by atoms with Crippen LogP contribution >= 0.6 is 0 Å². The minimum absolute atomic E-state index is 0.619. The second-order valence-electron chi connectivity index (χ2n) is 12.9. The first kappa shape index (κ1) is 36.4. The molecule has 0 saturated heterocycles. The lowest BCUT2D eigenvalue weighted by atomic mass is 10.0. The summed E-state index contributed by atoms with van der Waals surface area (Å²) >= 11 is 0. The summed E-state index contributed by atoms with van der Waals surface area (Å²) in [5.74, 6) is 0. The fraction of sp³-hybridized carbons (Fsp3) is 0.946. The molecule has 0 fully saturated rings. The van der Waals surface area contributed by atoms with Gasteiger partial charge < -0.3 is 9.80 Å². The second kappa shape index (κ2) is 28.9. The Balaban J connectivity index is 1.88. The highest BCUT2D eigenvalue weighted by atomic mass is 15.4. The summed E-state index contributed by atoms with van der Waals surface area (Å²) in [5, 5.41) is 0. The van der Waals surface area contributed by atoms with E-state index in [9.17, 15) is 0 Å². The van der Waals surface area contributed by atoms with Crippen LogP contribution in [0.25, 0.3) is 0 Å². The van der Waals surface area contributed by atoms with Gasteiger partial charge in [-0.2, -0.15) is 0 Å². The summed E-state index contributed by atoms with van der Waals surface area (Å²) in [5.41, 5.74) is 0. The summed E-state index contributed by atoms with van der Waals surface area (Å²) in [6.07, 6.45) is 47.1. The molecule has 1 atom stereocenters. The molecular formula is C37H74N2. The predicted molar refractivity (Wildman–Crippen MR) is 177 cm³/mol. The molecule has 1 heterocycles. The van der Waals surface area contributed by atoms with E-state index in [0.717, 1.165) is 0 Å². The number of unbranched alkanes of at least 4 members (excludes halogenated alkanes) is 26. The molecule has 1 rings (SSSR count). The van der Waals surface area contributed by atoms with Crippen molar-refractivity contribution in [2.45, 2.75) is 213 Å². The minimum Gasteiger partial charge on any atom is -0.356 e. The van der Waals surface area contributed by atoms with E-state index in [2.05, 4.69) is 43.0 Å². The van der Waals surface area contributed by atoms with E-state index < -0.39 is 0 Å². The van der Waals surface area contributed by atoms with E-state index in [1.54, 1.807) is 0 Å².